The van der Waals surface area contributed by atoms with Crippen LogP contribution in [-0.4, -0.2) is 15.6 Å². The minimum Gasteiger partial charge on any atom is -0.364 e. The van der Waals surface area contributed by atoms with E-state index < -0.39 is 5.91 Å². The third-order valence-corrected chi connectivity index (χ3v) is 1.25. The van der Waals surface area contributed by atoms with Gasteiger partial charge >= 0.3 is 0 Å². The first-order chi connectivity index (χ1) is 6.20. The molecule has 1 aromatic heterocycles. The minimum atomic E-state index is -0.846. The maximum Gasteiger partial charge on any atom is 0.271 e. The molecule has 13 heavy (non-hydrogen) atoms. The van der Waals surface area contributed by atoms with Crippen molar-refractivity contribution in [1.29, 1.82) is 0 Å². The van der Waals surface area contributed by atoms with Gasteiger partial charge in [-0.25, -0.2) is 4.98 Å². The molecular weight excluding hydrogens is 200 g/mol. The van der Waals surface area contributed by atoms with Gasteiger partial charge in [-0.3, -0.25) is 4.79 Å². The van der Waals surface area contributed by atoms with E-state index >= 15 is 0 Å². The highest BCUT2D eigenvalue weighted by Crippen LogP contribution is 2.18. The first-order valence-corrected chi connectivity index (χ1v) is 3.27. The summed E-state index contributed by atoms with van der Waals surface area (Å²) in [7, 11) is 0. The summed E-state index contributed by atoms with van der Waals surface area (Å²) in [6.07, 6.45) is 0.980. The summed E-state index contributed by atoms with van der Waals surface area (Å²) in [5, 5.41) is 5.73. The molecule has 0 bridgehead atoms. The zero-order valence-corrected chi connectivity index (χ0v) is 6.84. The third kappa shape index (κ3) is 1.67. The van der Waals surface area contributed by atoms with Gasteiger partial charge < -0.3 is 5.73 Å². The number of hydrogen-bond acceptors (Lipinski definition) is 6. The Labute approximate surface area is 76.5 Å². The maximum atomic E-state index is 10.7. The van der Waals surface area contributed by atoms with Crippen molar-refractivity contribution in [3.63, 3.8) is 0 Å². The molecule has 2 N–H and O–H groups in total. The zero-order chi connectivity index (χ0) is 9.84. The Hall–Kier alpha value is -1.83. The normalized spacial score (nSPS) is 10.5. The van der Waals surface area contributed by atoms with Crippen LogP contribution in [0.2, 0.25) is 0 Å². The molecule has 0 spiro atoms. The van der Waals surface area contributed by atoms with Gasteiger partial charge in [-0.15, -0.1) is 10.0 Å². The Morgan fingerprint density at radius 3 is 2.85 bits per heavy atom. The van der Waals surface area contributed by atoms with Crippen LogP contribution in [0.3, 0.4) is 0 Å². The highest BCUT2D eigenvalue weighted by Gasteiger charge is 2.15. The van der Waals surface area contributed by atoms with Crippen LogP contribution >= 0.6 is 11.8 Å². The van der Waals surface area contributed by atoms with Crippen molar-refractivity contribution in [3.8, 4) is 0 Å². The van der Waals surface area contributed by atoms with E-state index in [1.165, 1.54) is 0 Å². The number of aromatic nitrogens is 2. The monoisotopic (exact) mass is 202 g/mol. The summed E-state index contributed by atoms with van der Waals surface area (Å²) in [4.78, 5) is 24.3. The third-order valence-electron chi connectivity index (χ3n) is 1.18. The van der Waals surface area contributed by atoms with Gasteiger partial charge in [0.1, 0.15) is 6.33 Å². The van der Waals surface area contributed by atoms with E-state index in [1.54, 1.807) is 0 Å². The molecule has 1 aromatic rings. The Bertz CT molecular complexity index is 371. The molecule has 0 atom stereocenters. The van der Waals surface area contributed by atoms with Gasteiger partial charge in [0.05, 0.1) is 17.1 Å². The van der Waals surface area contributed by atoms with Crippen LogP contribution in [0.15, 0.2) is 21.4 Å². The lowest BCUT2D eigenvalue weighted by molar-refractivity contribution is 0.0996. The van der Waals surface area contributed by atoms with Crippen molar-refractivity contribution >= 4 is 23.5 Å². The van der Waals surface area contributed by atoms with E-state index in [0.717, 1.165) is 6.33 Å². The highest BCUT2D eigenvalue weighted by atomic mass is 35.5. The number of nitrogens with zero attached hydrogens (tertiary/aromatic N) is 5. The van der Waals surface area contributed by atoms with Gasteiger partial charge in [0.15, 0.2) is 5.69 Å². The van der Waals surface area contributed by atoms with Crippen LogP contribution in [-0.2, 0) is 0 Å². The lowest BCUT2D eigenvalue weighted by atomic mass is 10.4. The number of imidazole rings is 1. The molecule has 8 nitrogen and oxygen atoms in total. The molecule has 1 amide bonds. The fraction of sp³-hybridized carbons (Fsp3) is 0. The second-order valence-corrected chi connectivity index (χ2v) is 2.03. The largest absolute Gasteiger partial charge is 0.364 e. The van der Waals surface area contributed by atoms with E-state index in [0.29, 0.717) is 4.68 Å². The number of hydrogen-bond donors (Lipinski definition) is 1. The summed E-state index contributed by atoms with van der Waals surface area (Å²) in [6, 6.07) is 0. The molecule has 68 valence electrons. The van der Waals surface area contributed by atoms with E-state index in [1.807, 2.05) is 0 Å². The van der Waals surface area contributed by atoms with E-state index in [-0.39, 0.29) is 11.5 Å². The van der Waals surface area contributed by atoms with Crippen molar-refractivity contribution in [2.24, 2.45) is 20.8 Å². The summed E-state index contributed by atoms with van der Waals surface area (Å²) in [6.45, 7) is 0. The van der Waals surface area contributed by atoms with Crippen LogP contribution in [0.25, 0.3) is 0 Å². The Morgan fingerprint density at radius 1 is 1.69 bits per heavy atom. The van der Waals surface area contributed by atoms with Crippen LogP contribution in [0.1, 0.15) is 10.5 Å². The van der Waals surface area contributed by atoms with E-state index in [4.69, 9.17) is 17.5 Å². The number of nitrogens with two attached hydrogens (primary N) is 1. The number of nitroso groups, excluding NO2 is 1. The molecule has 0 aliphatic heterocycles. The van der Waals surface area contributed by atoms with Crippen LogP contribution in [0.4, 0.5) is 5.82 Å². The predicted molar refractivity (Wildman–Crippen MR) is 42.3 cm³/mol. The first-order valence-electron chi connectivity index (χ1n) is 2.93. The average molecular weight is 203 g/mol. The van der Waals surface area contributed by atoms with Gasteiger partial charge in [-0.2, -0.15) is 4.68 Å². The van der Waals surface area contributed by atoms with Gasteiger partial charge in [-0.05, 0) is 0 Å². The molecule has 0 saturated heterocycles. The van der Waals surface area contributed by atoms with Crippen LogP contribution < -0.4 is 5.73 Å². The Morgan fingerprint density at radius 2 is 2.38 bits per heavy atom. The van der Waals surface area contributed by atoms with Gasteiger partial charge in [0.25, 0.3) is 5.91 Å². The van der Waals surface area contributed by atoms with E-state index in [2.05, 4.69) is 20.0 Å². The highest BCUT2D eigenvalue weighted by molar-refractivity contribution is 6.14. The molecule has 0 aromatic carbocycles. The molecule has 1 heterocycles. The fourth-order valence-corrected chi connectivity index (χ4v) is 0.767. The number of carbonyl (C=O) groups excluding carboxylic acids is 1. The first kappa shape index (κ1) is 9.26. The number of carbonyl (C=O) groups is 1. The second kappa shape index (κ2) is 3.72. The summed E-state index contributed by atoms with van der Waals surface area (Å²) >= 11 is 4.92. The fourth-order valence-electron chi connectivity index (χ4n) is 0.696. The lowest BCUT2D eigenvalue weighted by Crippen LogP contribution is -2.11. The van der Waals surface area contributed by atoms with E-state index in [9.17, 15) is 9.70 Å². The van der Waals surface area contributed by atoms with Gasteiger partial charge in [0, 0.05) is 0 Å². The second-order valence-electron chi connectivity index (χ2n) is 1.88. The van der Waals surface area contributed by atoms with Crippen LogP contribution in [0, 0.1) is 4.91 Å². The SMILES string of the molecule is NC(=O)c1ncn(N=O)c1N=NCl. The van der Waals surface area contributed by atoms with Crippen LogP contribution in [0.5, 0.6) is 0 Å². The van der Waals surface area contributed by atoms with Crippen molar-refractivity contribution in [3.05, 3.63) is 16.9 Å². The molecule has 0 aliphatic rings. The summed E-state index contributed by atoms with van der Waals surface area (Å²) in [5.74, 6) is -1.04. The topological polar surface area (TPSA) is 115 Å². The van der Waals surface area contributed by atoms with Crippen molar-refractivity contribution in [2.75, 3.05) is 0 Å². The zero-order valence-electron chi connectivity index (χ0n) is 6.09. The minimum absolute atomic E-state index is 0.197. The van der Waals surface area contributed by atoms with Crippen molar-refractivity contribution in [2.45, 2.75) is 0 Å². The molecular formula is C4H3ClN6O2. The summed E-state index contributed by atoms with van der Waals surface area (Å²) < 4.78 is 3.55. The average Bonchev–Trinajstić information content (AvgIpc) is 2.48. The number of rotatable bonds is 3. The molecule has 0 radical (unpaired) electrons. The number of primary amides is 1. The van der Waals surface area contributed by atoms with Gasteiger partial charge in [0.2, 0.25) is 5.82 Å². The number of halogens is 1. The molecule has 9 heteroatoms. The standard InChI is InChI=1S/C4H3ClN6O2/c5-9-8-4-2(3(6)12)7-1-11(4)10-13/h1H,(H2,6,12). The number of amides is 1. The summed E-state index contributed by atoms with van der Waals surface area (Å²) in [5.41, 5.74) is 4.69. The predicted octanol–water partition coefficient (Wildman–Crippen LogP) is 0.749. The maximum absolute atomic E-state index is 10.7. The smallest absolute Gasteiger partial charge is 0.271 e. The Kier molecular flexibility index (Phi) is 2.65. The van der Waals surface area contributed by atoms with Gasteiger partial charge in [-0.1, -0.05) is 4.63 Å². The molecule has 0 saturated carbocycles. The lowest BCUT2D eigenvalue weighted by Gasteiger charge is -1.90. The Balaban J connectivity index is 3.29. The van der Waals surface area contributed by atoms with Crippen molar-refractivity contribution in [1.82, 2.24) is 9.66 Å². The molecule has 0 fully saturated rings. The van der Waals surface area contributed by atoms with Crippen molar-refractivity contribution < 1.29 is 4.79 Å². The molecule has 1 rings (SSSR count). The molecule has 0 aliphatic carbocycles. The molecule has 0 unspecified atom stereocenters. The quantitative estimate of drug-likeness (QED) is 0.576.